The lowest BCUT2D eigenvalue weighted by molar-refractivity contribution is -0.190. The Morgan fingerprint density at radius 2 is 0.867 bits per heavy atom. The van der Waals surface area contributed by atoms with Crippen LogP contribution in [-0.2, 0) is 68.4 Å². The minimum atomic E-state index is -0.815. The Hall–Kier alpha value is -4.07. The van der Waals surface area contributed by atoms with Gasteiger partial charge in [0.05, 0.1) is 71.7 Å². The molecule has 0 amide bonds. The molecule has 2 fully saturated rings. The summed E-state index contributed by atoms with van der Waals surface area (Å²) in [5.74, 6) is -1.08. The summed E-state index contributed by atoms with van der Waals surface area (Å²) in [4.78, 5) is 79.9. The fraction of sp³-hybridized carbons (Fsp3) is 0.820. The minimum absolute atomic E-state index is 0.0437. The smallest absolute Gasteiger partial charge is 0.325 e. The van der Waals surface area contributed by atoms with E-state index in [-0.39, 0.29) is 31.8 Å². The number of hydrogen-bond acceptors (Lipinski definition) is 22. The van der Waals surface area contributed by atoms with Crippen molar-refractivity contribution < 1.29 is 66.7 Å². The van der Waals surface area contributed by atoms with Crippen LogP contribution in [0.15, 0.2) is 24.3 Å². The fourth-order valence-electron chi connectivity index (χ4n) is 9.14. The second kappa shape index (κ2) is 41.1. The van der Waals surface area contributed by atoms with Crippen LogP contribution in [-0.4, -0.2) is 255 Å². The first-order valence-corrected chi connectivity index (χ1v) is 30.4. The number of nitrogens with zero attached hydrogens (tertiary/aromatic N) is 5. The molecule has 0 aromatic heterocycles. The van der Waals surface area contributed by atoms with Crippen LogP contribution >= 0.6 is 0 Å². The zero-order chi connectivity index (χ0) is 61.9. The molecule has 0 aliphatic carbocycles. The average Bonchev–Trinajstić information content (AvgIpc) is 3.52. The molecule has 2 saturated heterocycles. The molecule has 1 aromatic carbocycles. The van der Waals surface area contributed by atoms with E-state index in [0.29, 0.717) is 84.6 Å². The minimum Gasteiger partial charge on any atom is -0.494 e. The third-order valence-electron chi connectivity index (χ3n) is 14.0. The van der Waals surface area contributed by atoms with Crippen molar-refractivity contribution in [3.63, 3.8) is 0 Å². The first-order chi connectivity index (χ1) is 39.4. The van der Waals surface area contributed by atoms with Crippen LogP contribution in [0, 0.1) is 0 Å². The maximum absolute atomic E-state index is 13.9. The van der Waals surface area contributed by atoms with Gasteiger partial charge in [-0.1, -0.05) is 38.8 Å². The normalized spacial score (nSPS) is 18.4. The van der Waals surface area contributed by atoms with E-state index < -0.39 is 58.9 Å². The number of rotatable bonds is 26. The van der Waals surface area contributed by atoms with Crippen molar-refractivity contribution in [2.45, 2.75) is 168 Å². The van der Waals surface area contributed by atoms with E-state index in [2.05, 4.69) is 46.8 Å². The molecule has 1 aromatic rings. The van der Waals surface area contributed by atoms with E-state index in [1.807, 2.05) is 89.1 Å². The van der Waals surface area contributed by atoms with Crippen molar-refractivity contribution in [2.75, 3.05) is 160 Å². The first kappa shape index (κ1) is 75.0. The molecule has 2 heterocycles. The van der Waals surface area contributed by atoms with E-state index in [0.717, 1.165) is 89.4 Å². The largest absolute Gasteiger partial charge is 0.494 e. The molecule has 3 rings (SSSR count). The number of aryl methyl sites for hydroxylation is 1. The van der Waals surface area contributed by atoms with Crippen molar-refractivity contribution in [3.8, 4) is 5.75 Å². The molecule has 4 atom stereocenters. The molecule has 83 heavy (non-hydrogen) atoms. The highest BCUT2D eigenvalue weighted by atomic mass is 16.7. The number of unbranched alkanes of at least 4 members (excludes halogenated alkanes) is 2. The Bertz CT molecular complexity index is 1900. The monoisotopic (exact) mass is 1180 g/mol. The number of methoxy groups -OCH3 is 4. The summed E-state index contributed by atoms with van der Waals surface area (Å²) >= 11 is 0. The highest BCUT2D eigenvalue weighted by Gasteiger charge is 2.37. The number of benzene rings is 1. The molecule has 0 radical (unpaired) electrons. The quantitative estimate of drug-likeness (QED) is 0.0648. The molecule has 3 N–H and O–H groups in total. The van der Waals surface area contributed by atoms with Gasteiger partial charge in [-0.3, -0.25) is 43.6 Å². The van der Waals surface area contributed by atoms with Crippen molar-refractivity contribution in [3.05, 3.63) is 29.8 Å². The van der Waals surface area contributed by atoms with Gasteiger partial charge < -0.3 is 58.7 Å². The lowest BCUT2D eigenvalue weighted by Crippen LogP contribution is -2.58. The number of hydrogen-bond donors (Lipinski definition) is 3. The van der Waals surface area contributed by atoms with E-state index in [1.165, 1.54) is 28.4 Å². The summed E-state index contributed by atoms with van der Waals surface area (Å²) in [5, 5.41) is 11.8. The summed E-state index contributed by atoms with van der Waals surface area (Å²) in [5.41, 5.74) is -0.551. The van der Waals surface area contributed by atoms with Crippen LogP contribution in [0.2, 0.25) is 0 Å². The summed E-state index contributed by atoms with van der Waals surface area (Å²) in [6.45, 7) is 31.8. The number of esters is 4. The molecule has 22 heteroatoms. The van der Waals surface area contributed by atoms with Gasteiger partial charge in [-0.25, -0.2) is 0 Å². The molecule has 0 unspecified atom stereocenters. The van der Waals surface area contributed by atoms with E-state index in [1.54, 1.807) is 5.06 Å². The number of hydroxylamine groups is 2. The third kappa shape index (κ3) is 32.9. The van der Waals surface area contributed by atoms with Crippen LogP contribution in [0.5, 0.6) is 5.75 Å². The van der Waals surface area contributed by atoms with Crippen molar-refractivity contribution in [2.24, 2.45) is 0 Å². The Morgan fingerprint density at radius 3 is 1.24 bits per heavy atom. The van der Waals surface area contributed by atoms with Crippen molar-refractivity contribution in [1.29, 1.82) is 0 Å². The van der Waals surface area contributed by atoms with Crippen LogP contribution in [0.4, 0.5) is 0 Å². The van der Waals surface area contributed by atoms with E-state index in [4.69, 9.17) is 42.7 Å². The Balaban J connectivity index is 0.00000104. The predicted octanol–water partition coefficient (Wildman–Crippen LogP) is 4.74. The summed E-state index contributed by atoms with van der Waals surface area (Å²) in [6.07, 6.45) is 6.32. The van der Waals surface area contributed by atoms with Gasteiger partial charge in [-0.15, -0.1) is 5.06 Å². The SMILES string of the molecule is CCCCC(=O)ON1CCNCCNCCNCC1.CCCCOc1cccc(CCC[C@@H](C(=O)OC)N2CCN([C@@H](COC(C)(C)C)C(=O)OC)CCN([C@@H](COC(C)(C)C)C(=O)OC)CCN([C@@H](COC(C)(C)C)C(=O)OC)CC2)c1. The van der Waals surface area contributed by atoms with Gasteiger partial charge >= 0.3 is 29.8 Å². The van der Waals surface area contributed by atoms with Crippen LogP contribution < -0.4 is 20.7 Å². The molecule has 0 saturated carbocycles. The third-order valence-corrected chi connectivity index (χ3v) is 14.0. The average molecular weight is 1180 g/mol. The molecule has 0 spiro atoms. The first-order valence-electron chi connectivity index (χ1n) is 30.4. The van der Waals surface area contributed by atoms with Gasteiger partial charge in [0.1, 0.15) is 29.9 Å². The lowest BCUT2D eigenvalue weighted by atomic mass is 10.0. The highest BCUT2D eigenvalue weighted by molar-refractivity contribution is 5.77. The van der Waals surface area contributed by atoms with Gasteiger partial charge in [-0.2, -0.15) is 0 Å². The fourth-order valence-corrected chi connectivity index (χ4v) is 9.14. The van der Waals surface area contributed by atoms with Gasteiger partial charge in [0.2, 0.25) is 0 Å². The van der Waals surface area contributed by atoms with Crippen LogP contribution in [0.3, 0.4) is 0 Å². The van der Waals surface area contributed by atoms with Crippen molar-refractivity contribution >= 4 is 29.8 Å². The van der Waals surface area contributed by atoms with Crippen LogP contribution in [0.1, 0.15) is 127 Å². The second-order valence-corrected chi connectivity index (χ2v) is 24.1. The number of carbonyl (C=O) groups excluding carboxylic acids is 5. The van der Waals surface area contributed by atoms with Crippen LogP contribution in [0.25, 0.3) is 0 Å². The maximum Gasteiger partial charge on any atom is 0.325 e. The predicted molar refractivity (Wildman–Crippen MR) is 322 cm³/mol. The Kier molecular flexibility index (Phi) is 37.2. The molecule has 480 valence electrons. The number of nitrogens with one attached hydrogen (secondary N) is 3. The van der Waals surface area contributed by atoms with Gasteiger partial charge in [0.25, 0.3) is 0 Å². The maximum atomic E-state index is 13.9. The van der Waals surface area contributed by atoms with Gasteiger partial charge in [0.15, 0.2) is 0 Å². The highest BCUT2D eigenvalue weighted by Crippen LogP contribution is 2.21. The zero-order valence-electron chi connectivity index (χ0n) is 53.9. The molecular formula is C61H112N8O14. The molecule has 22 nitrogen and oxygen atoms in total. The molecule has 0 bridgehead atoms. The summed E-state index contributed by atoms with van der Waals surface area (Å²) in [6, 6.07) is 4.98. The second-order valence-electron chi connectivity index (χ2n) is 24.1. The standard InChI is InChI=1S/C48H84N4O12.C13H28N4O2/c1-15-16-31-61-37-21-17-19-36(32-37)20-18-22-38(42(53)57-11)49-23-25-50(39(43(54)58-12)33-62-46(2,3)4)27-29-52(41(45(56)60-14)35-64-48(8,9)10)30-28-51(26-24-49)40(44(55)59-13)34-63-47(5,6)7;1-2-3-4-13(18)19-17-11-9-15-7-5-14-6-8-16-10-12-17/h17,19,21,32,38-41H,15-16,18,20,22-31,33-35H2,1-14H3;14-16H,2-12H2,1H3/t38-,39-,40-,41-;/m0./s1. The molecular weight excluding hydrogens is 1070 g/mol. The Morgan fingerprint density at radius 1 is 0.494 bits per heavy atom. The van der Waals surface area contributed by atoms with Crippen molar-refractivity contribution in [1.82, 2.24) is 40.6 Å². The van der Waals surface area contributed by atoms with E-state index >= 15 is 0 Å². The van der Waals surface area contributed by atoms with E-state index in [9.17, 15) is 24.0 Å². The van der Waals surface area contributed by atoms with Gasteiger partial charge in [-0.05, 0) is 112 Å². The number of ether oxygens (including phenoxy) is 8. The van der Waals surface area contributed by atoms with Gasteiger partial charge in [0, 0.05) is 111 Å². The Labute approximate surface area is 499 Å². The molecule has 2 aliphatic rings. The number of carbonyl (C=O) groups is 5. The summed E-state index contributed by atoms with van der Waals surface area (Å²) in [7, 11) is 5.46. The summed E-state index contributed by atoms with van der Waals surface area (Å²) < 4.78 is 46.1. The topological polar surface area (TPSA) is 221 Å². The lowest BCUT2D eigenvalue weighted by Gasteiger charge is -2.41. The zero-order valence-corrected chi connectivity index (χ0v) is 53.9. The molecule has 2 aliphatic heterocycles.